The molecule has 44 heavy (non-hydrogen) atoms. The lowest BCUT2D eigenvalue weighted by molar-refractivity contribution is -0.134. The van der Waals surface area contributed by atoms with E-state index in [1.807, 2.05) is 35.2 Å². The standard InChI is InChI=1S/C35H30FN5O3/c36-28-19-24(20-37)8-10-29(28)40-16-14-39(15-17-40)21-23-6-4-22(5-7-23)18-25-9-11-30-33-26(25)2-1-3-27(33)35(44)41(30)31-12-13-32(42)38-34(31)43/h1-11,19,31H,12-18,21H2,(H,38,42,43)/t31-/m1/s1. The molecular formula is C35H30FN5O3. The van der Waals surface area contributed by atoms with Crippen molar-refractivity contribution in [1.29, 1.82) is 5.26 Å². The maximum absolute atomic E-state index is 14.5. The number of amides is 3. The van der Waals surface area contributed by atoms with Crippen molar-refractivity contribution < 1.29 is 18.8 Å². The van der Waals surface area contributed by atoms with E-state index in [1.54, 1.807) is 23.1 Å². The predicted molar refractivity (Wildman–Crippen MR) is 165 cm³/mol. The molecule has 3 aliphatic heterocycles. The number of hydrogen-bond donors (Lipinski definition) is 1. The van der Waals surface area contributed by atoms with E-state index in [4.69, 9.17) is 5.26 Å². The summed E-state index contributed by atoms with van der Waals surface area (Å²) in [4.78, 5) is 43.7. The SMILES string of the molecule is N#Cc1ccc(N2CCN(Cc3ccc(Cc4ccc5c6c(cccc46)C(=O)N5[C@@H]4CCC(=O)NC4=O)cc3)CC2)c(F)c1. The lowest BCUT2D eigenvalue weighted by atomic mass is 9.95. The first-order valence-corrected chi connectivity index (χ1v) is 14.9. The summed E-state index contributed by atoms with van der Waals surface area (Å²) in [5.41, 5.74) is 5.64. The maximum atomic E-state index is 14.5. The minimum Gasteiger partial charge on any atom is -0.367 e. The van der Waals surface area contributed by atoms with Crippen LogP contribution in [0.5, 0.6) is 0 Å². The Kier molecular flexibility index (Phi) is 7.07. The van der Waals surface area contributed by atoms with E-state index in [1.165, 1.54) is 11.6 Å². The number of rotatable bonds is 6. The van der Waals surface area contributed by atoms with Gasteiger partial charge in [-0.25, -0.2) is 4.39 Å². The van der Waals surface area contributed by atoms with Gasteiger partial charge in [-0.05, 0) is 65.3 Å². The van der Waals surface area contributed by atoms with Crippen molar-refractivity contribution in [3.63, 3.8) is 0 Å². The first-order chi connectivity index (χ1) is 21.4. The number of piperazine rings is 1. The van der Waals surface area contributed by atoms with Gasteiger partial charge in [-0.3, -0.25) is 29.5 Å². The summed E-state index contributed by atoms with van der Waals surface area (Å²) in [5, 5.41) is 13.2. The average molecular weight is 588 g/mol. The Morgan fingerprint density at radius 3 is 2.36 bits per heavy atom. The number of imide groups is 1. The molecule has 9 heteroatoms. The Morgan fingerprint density at radius 2 is 1.64 bits per heavy atom. The van der Waals surface area contributed by atoms with E-state index in [0.717, 1.165) is 60.3 Å². The average Bonchev–Trinajstić information content (AvgIpc) is 3.32. The van der Waals surface area contributed by atoms with Gasteiger partial charge in [0.2, 0.25) is 11.8 Å². The molecule has 0 aromatic heterocycles. The number of piperidine rings is 1. The van der Waals surface area contributed by atoms with Crippen molar-refractivity contribution in [2.75, 3.05) is 36.0 Å². The third kappa shape index (κ3) is 4.97. The molecule has 3 aliphatic rings. The molecule has 3 heterocycles. The third-order valence-corrected chi connectivity index (χ3v) is 8.95. The Hall–Kier alpha value is -5.07. The molecule has 8 nitrogen and oxygen atoms in total. The molecule has 2 fully saturated rings. The van der Waals surface area contributed by atoms with Crippen LogP contribution >= 0.6 is 0 Å². The van der Waals surface area contributed by atoms with Crippen LogP contribution in [0, 0.1) is 17.1 Å². The predicted octanol–water partition coefficient (Wildman–Crippen LogP) is 4.53. The van der Waals surface area contributed by atoms with Gasteiger partial charge in [0.05, 0.1) is 23.0 Å². The van der Waals surface area contributed by atoms with Gasteiger partial charge in [-0.2, -0.15) is 5.26 Å². The molecule has 0 spiro atoms. The first kappa shape index (κ1) is 27.7. The van der Waals surface area contributed by atoms with Crippen LogP contribution in [-0.2, 0) is 22.6 Å². The summed E-state index contributed by atoms with van der Waals surface area (Å²) in [6.07, 6.45) is 1.22. The summed E-state index contributed by atoms with van der Waals surface area (Å²) >= 11 is 0. The Labute approximate surface area is 254 Å². The Morgan fingerprint density at radius 1 is 0.886 bits per heavy atom. The zero-order chi connectivity index (χ0) is 30.4. The molecule has 7 rings (SSSR count). The minimum atomic E-state index is -0.700. The summed E-state index contributed by atoms with van der Waals surface area (Å²) in [6.45, 7) is 3.88. The van der Waals surface area contributed by atoms with E-state index in [0.29, 0.717) is 29.7 Å². The maximum Gasteiger partial charge on any atom is 0.259 e. The van der Waals surface area contributed by atoms with Gasteiger partial charge in [0.1, 0.15) is 11.9 Å². The lowest BCUT2D eigenvalue weighted by Crippen LogP contribution is -2.53. The van der Waals surface area contributed by atoms with Crippen LogP contribution in [0.15, 0.2) is 72.8 Å². The second kappa shape index (κ2) is 11.2. The highest BCUT2D eigenvalue weighted by atomic mass is 19.1. The largest absolute Gasteiger partial charge is 0.367 e. The van der Waals surface area contributed by atoms with Crippen LogP contribution in [0.1, 0.15) is 45.5 Å². The van der Waals surface area contributed by atoms with Crippen molar-refractivity contribution in [2.24, 2.45) is 0 Å². The number of nitriles is 1. The van der Waals surface area contributed by atoms with Gasteiger partial charge in [-0.1, -0.05) is 42.5 Å². The molecular weight excluding hydrogens is 557 g/mol. The van der Waals surface area contributed by atoms with Gasteiger partial charge in [0.15, 0.2) is 0 Å². The molecule has 1 atom stereocenters. The minimum absolute atomic E-state index is 0.204. The third-order valence-electron chi connectivity index (χ3n) is 8.95. The number of benzene rings is 4. The number of anilines is 2. The van der Waals surface area contributed by atoms with E-state index in [-0.39, 0.29) is 24.1 Å². The second-order valence-electron chi connectivity index (χ2n) is 11.6. The molecule has 3 amide bonds. The van der Waals surface area contributed by atoms with E-state index < -0.39 is 11.9 Å². The van der Waals surface area contributed by atoms with Crippen LogP contribution in [-0.4, -0.2) is 54.8 Å². The smallest absolute Gasteiger partial charge is 0.259 e. The number of hydrogen-bond acceptors (Lipinski definition) is 6. The van der Waals surface area contributed by atoms with Crippen LogP contribution < -0.4 is 15.1 Å². The normalized spacial score (nSPS) is 18.5. The number of carbonyl (C=O) groups is 3. The topological polar surface area (TPSA) is 96.8 Å². The van der Waals surface area contributed by atoms with Crippen LogP contribution in [0.4, 0.5) is 15.8 Å². The summed E-state index contributed by atoms with van der Waals surface area (Å²) in [7, 11) is 0. The zero-order valence-corrected chi connectivity index (χ0v) is 24.1. The quantitative estimate of drug-likeness (QED) is 0.333. The van der Waals surface area contributed by atoms with Gasteiger partial charge in [0.25, 0.3) is 5.91 Å². The lowest BCUT2D eigenvalue weighted by Gasteiger charge is -2.36. The molecule has 1 N–H and O–H groups in total. The molecule has 4 aromatic carbocycles. The van der Waals surface area contributed by atoms with E-state index in [9.17, 15) is 18.8 Å². The highest BCUT2D eigenvalue weighted by Gasteiger charge is 2.40. The van der Waals surface area contributed by atoms with Crippen molar-refractivity contribution >= 4 is 39.9 Å². The molecule has 2 saturated heterocycles. The van der Waals surface area contributed by atoms with Gasteiger partial charge in [0, 0.05) is 50.1 Å². The summed E-state index contributed by atoms with van der Waals surface area (Å²) in [5.74, 6) is -1.29. The number of halogens is 1. The molecule has 0 bridgehead atoms. The highest BCUT2D eigenvalue weighted by Crippen LogP contribution is 2.41. The highest BCUT2D eigenvalue weighted by molar-refractivity contribution is 6.27. The van der Waals surface area contributed by atoms with Crippen molar-refractivity contribution in [3.8, 4) is 6.07 Å². The fraction of sp³-hybridized carbons (Fsp3) is 0.257. The zero-order valence-electron chi connectivity index (χ0n) is 24.1. The van der Waals surface area contributed by atoms with Crippen LogP contribution in [0.2, 0.25) is 0 Å². The van der Waals surface area contributed by atoms with Crippen molar-refractivity contribution in [2.45, 2.75) is 31.8 Å². The van der Waals surface area contributed by atoms with E-state index in [2.05, 4.69) is 34.5 Å². The fourth-order valence-corrected chi connectivity index (χ4v) is 6.68. The molecule has 0 radical (unpaired) electrons. The second-order valence-corrected chi connectivity index (χ2v) is 11.6. The molecule has 0 aliphatic carbocycles. The number of nitrogens with one attached hydrogen (secondary N) is 1. The van der Waals surface area contributed by atoms with Gasteiger partial charge in [-0.15, -0.1) is 0 Å². The number of nitrogens with zero attached hydrogens (tertiary/aromatic N) is 4. The Balaban J connectivity index is 1.03. The van der Waals surface area contributed by atoms with Gasteiger partial charge >= 0.3 is 0 Å². The summed E-state index contributed by atoms with van der Waals surface area (Å²) < 4.78 is 14.5. The molecule has 220 valence electrons. The van der Waals surface area contributed by atoms with Crippen molar-refractivity contribution in [3.05, 3.63) is 106 Å². The fourth-order valence-electron chi connectivity index (χ4n) is 6.68. The van der Waals surface area contributed by atoms with Gasteiger partial charge < -0.3 is 4.90 Å². The molecule has 0 unspecified atom stereocenters. The molecule has 4 aromatic rings. The number of carbonyl (C=O) groups excluding carboxylic acids is 3. The first-order valence-electron chi connectivity index (χ1n) is 14.9. The van der Waals surface area contributed by atoms with Crippen LogP contribution in [0.25, 0.3) is 10.8 Å². The Bertz CT molecular complexity index is 1860. The summed E-state index contributed by atoms with van der Waals surface area (Å²) in [6, 6.07) is 24.2. The monoisotopic (exact) mass is 587 g/mol. The molecule has 0 saturated carbocycles. The van der Waals surface area contributed by atoms with E-state index >= 15 is 0 Å². The van der Waals surface area contributed by atoms with Crippen LogP contribution in [0.3, 0.4) is 0 Å². The van der Waals surface area contributed by atoms with Crippen molar-refractivity contribution in [1.82, 2.24) is 10.2 Å².